The number of hydrogen-bond donors (Lipinski definition) is 2. The van der Waals surface area contributed by atoms with Gasteiger partial charge < -0.3 is 15.6 Å². The Labute approximate surface area is 154 Å². The molecular weight excluding hydrogens is 352 g/mol. The van der Waals surface area contributed by atoms with Crippen LogP contribution in [0.15, 0.2) is 30.5 Å². The van der Waals surface area contributed by atoms with Gasteiger partial charge in [-0.2, -0.15) is 0 Å². The van der Waals surface area contributed by atoms with E-state index in [1.54, 1.807) is 4.31 Å². The number of rotatable bonds is 7. The average molecular weight is 378 g/mol. The Morgan fingerprint density at radius 1 is 1.27 bits per heavy atom. The van der Waals surface area contributed by atoms with E-state index in [0.29, 0.717) is 38.6 Å². The molecule has 1 amide bonds. The topological polar surface area (TPSA) is 97.4 Å². The van der Waals surface area contributed by atoms with Crippen molar-refractivity contribution in [1.29, 1.82) is 0 Å². The van der Waals surface area contributed by atoms with Gasteiger partial charge in [-0.1, -0.05) is 18.2 Å². The number of primary amides is 1. The van der Waals surface area contributed by atoms with Gasteiger partial charge in [0.05, 0.1) is 6.26 Å². The highest BCUT2D eigenvalue weighted by molar-refractivity contribution is 7.88. The van der Waals surface area contributed by atoms with Gasteiger partial charge in [0.15, 0.2) is 0 Å². The van der Waals surface area contributed by atoms with Crippen LogP contribution in [0.25, 0.3) is 10.9 Å². The van der Waals surface area contributed by atoms with E-state index in [0.717, 1.165) is 23.7 Å². The fourth-order valence-electron chi connectivity index (χ4n) is 3.53. The first-order chi connectivity index (χ1) is 12.3. The van der Waals surface area contributed by atoms with Crippen LogP contribution in [0.1, 0.15) is 24.8 Å². The lowest BCUT2D eigenvalue weighted by atomic mass is 10.1. The lowest BCUT2D eigenvalue weighted by Gasteiger charge is -2.30. The number of sulfonamides is 1. The minimum absolute atomic E-state index is 0.305. The van der Waals surface area contributed by atoms with Gasteiger partial charge in [0.25, 0.3) is 0 Å². The molecule has 0 spiro atoms. The van der Waals surface area contributed by atoms with E-state index in [9.17, 15) is 13.2 Å². The maximum atomic E-state index is 11.6. The Morgan fingerprint density at radius 2 is 1.96 bits per heavy atom. The van der Waals surface area contributed by atoms with Crippen LogP contribution >= 0.6 is 0 Å². The monoisotopic (exact) mass is 378 g/mol. The number of para-hydroxylation sites is 1. The average Bonchev–Trinajstić information content (AvgIpc) is 2.96. The fourth-order valence-corrected chi connectivity index (χ4v) is 4.40. The standard InChI is InChI=1S/C18H26N4O3S/c1-26(24,25)22-10-6-15(7-11-22)20-12-14-13-21(9-8-18(19)23)17-5-3-2-4-16(14)17/h2-5,13,15,20H,6-12H2,1H3,(H2,19,23). The van der Waals surface area contributed by atoms with E-state index in [1.807, 2.05) is 18.2 Å². The molecule has 3 N–H and O–H groups in total. The van der Waals surface area contributed by atoms with Gasteiger partial charge in [-0.05, 0) is 24.5 Å². The summed E-state index contributed by atoms with van der Waals surface area (Å²) in [5.41, 5.74) is 7.55. The molecule has 0 atom stereocenters. The number of hydrogen-bond acceptors (Lipinski definition) is 4. The molecule has 8 heteroatoms. The maximum absolute atomic E-state index is 11.6. The number of nitrogens with two attached hydrogens (primary N) is 1. The molecule has 0 radical (unpaired) electrons. The van der Waals surface area contributed by atoms with E-state index in [1.165, 1.54) is 11.8 Å². The Hall–Kier alpha value is -1.90. The van der Waals surface area contributed by atoms with Crippen LogP contribution in [0.4, 0.5) is 0 Å². The molecule has 0 unspecified atom stereocenters. The number of nitrogens with one attached hydrogen (secondary N) is 1. The molecule has 7 nitrogen and oxygen atoms in total. The summed E-state index contributed by atoms with van der Waals surface area (Å²) in [7, 11) is -3.09. The molecule has 0 bridgehead atoms. The smallest absolute Gasteiger partial charge is 0.219 e. The van der Waals surface area contributed by atoms with Crippen molar-refractivity contribution in [2.45, 2.75) is 38.4 Å². The Kier molecular flexibility index (Phi) is 5.64. The predicted octanol–water partition coefficient (Wildman–Crippen LogP) is 1.03. The summed E-state index contributed by atoms with van der Waals surface area (Å²) in [6, 6.07) is 8.43. The number of aromatic nitrogens is 1. The van der Waals surface area contributed by atoms with Gasteiger partial charge in [0.2, 0.25) is 15.9 Å². The number of nitrogens with zero attached hydrogens (tertiary/aromatic N) is 2. The summed E-state index contributed by atoms with van der Waals surface area (Å²) >= 11 is 0. The molecule has 2 aromatic rings. The third-order valence-electron chi connectivity index (χ3n) is 4.97. The van der Waals surface area contributed by atoms with Crippen molar-refractivity contribution in [3.8, 4) is 0 Å². The summed E-state index contributed by atoms with van der Waals surface area (Å²) in [6.07, 6.45) is 5.28. The zero-order valence-corrected chi connectivity index (χ0v) is 15.8. The molecule has 1 aromatic carbocycles. The maximum Gasteiger partial charge on any atom is 0.219 e. The second-order valence-electron chi connectivity index (χ2n) is 6.90. The number of aryl methyl sites for hydroxylation is 1. The molecule has 1 saturated heterocycles. The molecule has 0 saturated carbocycles. The largest absolute Gasteiger partial charge is 0.370 e. The minimum atomic E-state index is -3.09. The number of carbonyl (C=O) groups is 1. The second kappa shape index (κ2) is 7.77. The first kappa shape index (κ1) is 18.9. The molecule has 0 aliphatic carbocycles. The number of carbonyl (C=O) groups excluding carboxylic acids is 1. The van der Waals surface area contributed by atoms with Gasteiger partial charge in [0.1, 0.15) is 0 Å². The molecule has 1 fully saturated rings. The zero-order chi connectivity index (χ0) is 18.7. The predicted molar refractivity (Wildman–Crippen MR) is 102 cm³/mol. The van der Waals surface area contributed by atoms with Crippen molar-refractivity contribution < 1.29 is 13.2 Å². The van der Waals surface area contributed by atoms with Crippen molar-refractivity contribution in [2.24, 2.45) is 5.73 Å². The van der Waals surface area contributed by atoms with E-state index >= 15 is 0 Å². The molecule has 1 aromatic heterocycles. The van der Waals surface area contributed by atoms with Crippen LogP contribution in [-0.2, 0) is 27.9 Å². The van der Waals surface area contributed by atoms with Crippen LogP contribution in [0.2, 0.25) is 0 Å². The number of fused-ring (bicyclic) bond motifs is 1. The summed E-state index contributed by atoms with van der Waals surface area (Å²) in [6.45, 7) is 2.42. The van der Waals surface area contributed by atoms with E-state index < -0.39 is 10.0 Å². The van der Waals surface area contributed by atoms with Crippen LogP contribution in [0.5, 0.6) is 0 Å². The zero-order valence-electron chi connectivity index (χ0n) is 15.0. The second-order valence-corrected chi connectivity index (χ2v) is 8.88. The number of amides is 1. The lowest BCUT2D eigenvalue weighted by molar-refractivity contribution is -0.118. The van der Waals surface area contributed by atoms with Gasteiger partial charge in [-0.25, -0.2) is 12.7 Å². The van der Waals surface area contributed by atoms with Crippen LogP contribution in [-0.4, -0.2) is 48.6 Å². The molecule has 2 heterocycles. The lowest BCUT2D eigenvalue weighted by Crippen LogP contribution is -2.44. The molecular formula is C18H26N4O3S. The van der Waals surface area contributed by atoms with Crippen molar-refractivity contribution in [2.75, 3.05) is 19.3 Å². The molecule has 142 valence electrons. The van der Waals surface area contributed by atoms with Crippen LogP contribution in [0, 0.1) is 0 Å². The highest BCUT2D eigenvalue weighted by atomic mass is 32.2. The third kappa shape index (κ3) is 4.44. The van der Waals surface area contributed by atoms with E-state index in [-0.39, 0.29) is 5.91 Å². The van der Waals surface area contributed by atoms with Crippen molar-refractivity contribution in [3.63, 3.8) is 0 Å². The minimum Gasteiger partial charge on any atom is -0.370 e. The molecule has 3 rings (SSSR count). The SMILES string of the molecule is CS(=O)(=O)N1CCC(NCc2cn(CCC(N)=O)c3ccccc23)CC1. The summed E-state index contributed by atoms with van der Waals surface area (Å²) in [5.74, 6) is -0.305. The van der Waals surface area contributed by atoms with Crippen molar-refractivity contribution in [3.05, 3.63) is 36.0 Å². The quantitative estimate of drug-likeness (QED) is 0.752. The summed E-state index contributed by atoms with van der Waals surface area (Å²) in [5, 5.41) is 4.72. The van der Waals surface area contributed by atoms with E-state index in [4.69, 9.17) is 5.73 Å². The highest BCUT2D eigenvalue weighted by Crippen LogP contribution is 2.22. The Morgan fingerprint density at radius 3 is 2.62 bits per heavy atom. The van der Waals surface area contributed by atoms with Gasteiger partial charge in [-0.3, -0.25) is 4.79 Å². The highest BCUT2D eigenvalue weighted by Gasteiger charge is 2.24. The van der Waals surface area contributed by atoms with E-state index in [2.05, 4.69) is 22.1 Å². The molecule has 1 aliphatic heterocycles. The number of piperidine rings is 1. The van der Waals surface area contributed by atoms with Crippen LogP contribution in [0.3, 0.4) is 0 Å². The Bertz CT molecular complexity index is 883. The van der Waals surface area contributed by atoms with Crippen molar-refractivity contribution >= 4 is 26.8 Å². The summed E-state index contributed by atoms with van der Waals surface area (Å²) < 4.78 is 26.8. The first-order valence-electron chi connectivity index (χ1n) is 8.88. The Balaban J connectivity index is 1.65. The van der Waals surface area contributed by atoms with Gasteiger partial charge in [0, 0.05) is 55.7 Å². The third-order valence-corrected chi connectivity index (χ3v) is 6.28. The summed E-state index contributed by atoms with van der Waals surface area (Å²) in [4.78, 5) is 11.1. The van der Waals surface area contributed by atoms with Gasteiger partial charge in [-0.15, -0.1) is 0 Å². The first-order valence-corrected chi connectivity index (χ1v) is 10.7. The fraction of sp³-hybridized carbons (Fsp3) is 0.500. The van der Waals surface area contributed by atoms with Crippen molar-refractivity contribution in [1.82, 2.24) is 14.2 Å². The molecule has 1 aliphatic rings. The normalized spacial score (nSPS) is 17.0. The molecule has 26 heavy (non-hydrogen) atoms. The van der Waals surface area contributed by atoms with Gasteiger partial charge >= 0.3 is 0 Å². The number of benzene rings is 1. The van der Waals surface area contributed by atoms with Crippen LogP contribution < -0.4 is 11.1 Å².